The van der Waals surface area contributed by atoms with Crippen LogP contribution in [0.4, 0.5) is 0 Å². The first-order chi connectivity index (χ1) is 21.7. The Balaban J connectivity index is 1.18. The smallest absolute Gasteiger partial charge is 0.249 e. The third-order valence-electron chi connectivity index (χ3n) is 10.7. The molecule has 0 aromatic rings. The highest BCUT2D eigenvalue weighted by molar-refractivity contribution is 6.20. The van der Waals surface area contributed by atoms with Crippen molar-refractivity contribution in [3.05, 3.63) is 0 Å². The van der Waals surface area contributed by atoms with Crippen LogP contribution in [0.15, 0.2) is 4.99 Å². The summed E-state index contributed by atoms with van der Waals surface area (Å²) in [5, 5.41) is 16.5. The number of fused-ring (bicyclic) bond motifs is 3. The maximum Gasteiger partial charge on any atom is 0.249 e. The van der Waals surface area contributed by atoms with Crippen LogP contribution in [0.2, 0.25) is 0 Å². The van der Waals surface area contributed by atoms with Crippen molar-refractivity contribution < 1.29 is 29.1 Å². The molecule has 2 aliphatic heterocycles. The molecule has 254 valence electrons. The molecule has 0 radical (unpaired) electrons. The molecule has 5 aliphatic rings. The van der Waals surface area contributed by atoms with Gasteiger partial charge in [-0.3, -0.25) is 29.1 Å². The van der Waals surface area contributed by atoms with Gasteiger partial charge in [0.05, 0.1) is 50.0 Å². The van der Waals surface area contributed by atoms with Gasteiger partial charge in [-0.05, 0) is 77.0 Å². The highest BCUT2D eigenvalue weighted by Crippen LogP contribution is 2.42. The Morgan fingerprint density at radius 2 is 1.73 bits per heavy atom. The predicted molar refractivity (Wildman–Crippen MR) is 169 cm³/mol. The first-order valence-electron chi connectivity index (χ1n) is 16.8. The molecule has 9 atom stereocenters. The fraction of sp³-hybridized carbons (Fsp3) is 0.871. The van der Waals surface area contributed by atoms with E-state index in [9.17, 15) is 19.5 Å². The average Bonchev–Trinajstić information content (AvgIpc) is 3.36. The zero-order chi connectivity index (χ0) is 32.1. The number of rotatable bonds is 10. The van der Waals surface area contributed by atoms with Crippen LogP contribution in [0.25, 0.3) is 0 Å². The molecule has 6 N–H and O–H groups in total. The van der Waals surface area contributed by atoms with Gasteiger partial charge in [-0.2, -0.15) is 0 Å². The molecule has 4 fully saturated rings. The third kappa shape index (κ3) is 8.17. The van der Waals surface area contributed by atoms with E-state index in [1.165, 1.54) is 12.8 Å². The van der Waals surface area contributed by atoms with Gasteiger partial charge in [0.25, 0.3) is 0 Å². The lowest BCUT2D eigenvalue weighted by Gasteiger charge is -2.44. The summed E-state index contributed by atoms with van der Waals surface area (Å²) >= 11 is 6.49. The van der Waals surface area contributed by atoms with Crippen molar-refractivity contribution >= 4 is 35.0 Å². The van der Waals surface area contributed by atoms with Crippen LogP contribution in [-0.4, -0.2) is 103 Å². The summed E-state index contributed by atoms with van der Waals surface area (Å²) in [6, 6.07) is 0.0527. The number of hydroxylamine groups is 1. The quantitative estimate of drug-likeness (QED) is 0.114. The Morgan fingerprint density at radius 3 is 2.44 bits per heavy atom. The van der Waals surface area contributed by atoms with Crippen molar-refractivity contribution in [1.82, 2.24) is 31.9 Å². The van der Waals surface area contributed by atoms with E-state index in [1.807, 2.05) is 0 Å². The molecule has 2 heterocycles. The van der Waals surface area contributed by atoms with Crippen LogP contribution < -0.4 is 27.0 Å². The fourth-order valence-corrected chi connectivity index (χ4v) is 8.57. The summed E-state index contributed by atoms with van der Waals surface area (Å²) in [6.07, 6.45) is 7.63. The summed E-state index contributed by atoms with van der Waals surface area (Å²) in [7, 11) is 3.15. The number of halogens is 1. The Morgan fingerprint density at radius 1 is 0.978 bits per heavy atom. The second kappa shape index (κ2) is 15.8. The number of methoxy groups -OCH3 is 1. The van der Waals surface area contributed by atoms with E-state index in [4.69, 9.17) is 21.3 Å². The number of amides is 3. The standard InChI is InChI=1S/C31H52ClN7O6/c1-17-36-37-29-24(16-27(41)33-12-13-34-30(42)19-6-10-22(26(40)14-19)31(43)38-45-3)35-28(18-4-7-20(32)8-5-18)23-15-21(44-2)9-11-25(23)39(17)29/h17-26,29,36-37,40H,4-16H2,1-3H3,(H,33,41)(H,34,42)(H,38,43)/t17?,18?,19?,20?,21?,22?,23?,24-,25?,26?,29?/m0/s1. The van der Waals surface area contributed by atoms with Crippen LogP contribution >= 0.6 is 11.6 Å². The molecule has 0 aromatic carbocycles. The van der Waals surface area contributed by atoms with Gasteiger partial charge in [0.15, 0.2) is 0 Å². The average molecular weight is 654 g/mol. The molecule has 14 heteroatoms. The Kier molecular flexibility index (Phi) is 12.1. The second-order valence-corrected chi connectivity index (χ2v) is 14.1. The number of aliphatic hydroxyl groups is 1. The topological polar surface area (TPSA) is 166 Å². The normalized spacial score (nSPS) is 38.7. The number of hydrazine groups is 1. The molecule has 0 bridgehead atoms. The van der Waals surface area contributed by atoms with Crippen molar-refractivity contribution in [1.29, 1.82) is 0 Å². The first-order valence-corrected chi connectivity index (χ1v) is 17.2. The molecule has 45 heavy (non-hydrogen) atoms. The number of ether oxygens (including phenoxy) is 1. The minimum absolute atomic E-state index is 0.105. The second-order valence-electron chi connectivity index (χ2n) is 13.5. The molecule has 0 spiro atoms. The van der Waals surface area contributed by atoms with E-state index in [2.05, 4.69) is 43.6 Å². The van der Waals surface area contributed by atoms with E-state index >= 15 is 0 Å². The lowest BCUT2D eigenvalue weighted by molar-refractivity contribution is -0.143. The van der Waals surface area contributed by atoms with E-state index in [1.54, 1.807) is 7.11 Å². The van der Waals surface area contributed by atoms with Crippen LogP contribution in [0, 0.1) is 23.7 Å². The van der Waals surface area contributed by atoms with Crippen molar-refractivity contribution in [3.8, 4) is 0 Å². The van der Waals surface area contributed by atoms with Crippen molar-refractivity contribution in [3.63, 3.8) is 0 Å². The number of nitrogens with one attached hydrogen (secondary N) is 5. The van der Waals surface area contributed by atoms with Gasteiger partial charge >= 0.3 is 0 Å². The number of nitrogens with zero attached hydrogens (tertiary/aromatic N) is 2. The van der Waals surface area contributed by atoms with Crippen molar-refractivity contribution in [2.45, 2.75) is 120 Å². The van der Waals surface area contributed by atoms with Crippen LogP contribution in [0.3, 0.4) is 0 Å². The Labute approximate surface area is 271 Å². The van der Waals surface area contributed by atoms with Gasteiger partial charge in [-0.1, -0.05) is 0 Å². The number of alkyl halides is 1. The molecule has 8 unspecified atom stereocenters. The van der Waals surface area contributed by atoms with E-state index < -0.39 is 12.0 Å². The van der Waals surface area contributed by atoms with Crippen LogP contribution in [0.1, 0.15) is 77.6 Å². The highest BCUT2D eigenvalue weighted by atomic mass is 35.5. The number of hydrogen-bond donors (Lipinski definition) is 6. The van der Waals surface area contributed by atoms with Gasteiger partial charge in [0.2, 0.25) is 17.7 Å². The predicted octanol–water partition coefficient (Wildman–Crippen LogP) is 0.950. The molecule has 5 rings (SSSR count). The van der Waals surface area contributed by atoms with Gasteiger partial charge in [0.1, 0.15) is 0 Å². The molecule has 3 aliphatic carbocycles. The van der Waals surface area contributed by atoms with Gasteiger partial charge in [-0.25, -0.2) is 16.3 Å². The third-order valence-corrected chi connectivity index (χ3v) is 11.1. The van der Waals surface area contributed by atoms with Crippen LogP contribution in [-0.2, 0) is 24.0 Å². The Hall–Kier alpha value is -1.87. The minimum Gasteiger partial charge on any atom is -0.392 e. The SMILES string of the molecule is CONC(=O)C1CCC(C(=O)NCCNC(=O)C[C@@H]2N=C(C3CCC(Cl)CC3)C3CC(OC)CCC3N3C(C)NNC23)CC1O. The monoisotopic (exact) mass is 653 g/mol. The van der Waals surface area contributed by atoms with E-state index in [-0.39, 0.29) is 78.8 Å². The first kappa shape index (κ1) is 34.5. The molecule has 1 saturated heterocycles. The van der Waals surface area contributed by atoms with E-state index in [0.717, 1.165) is 44.9 Å². The molecule has 13 nitrogen and oxygen atoms in total. The lowest BCUT2D eigenvalue weighted by atomic mass is 9.72. The van der Waals surface area contributed by atoms with E-state index in [0.29, 0.717) is 31.3 Å². The molecule has 3 amide bonds. The van der Waals surface area contributed by atoms with Gasteiger partial charge in [-0.15, -0.1) is 11.6 Å². The summed E-state index contributed by atoms with van der Waals surface area (Å²) < 4.78 is 5.85. The molecule has 0 aromatic heterocycles. The lowest BCUT2D eigenvalue weighted by Crippen LogP contribution is -2.55. The summed E-state index contributed by atoms with van der Waals surface area (Å²) in [5.41, 5.74) is 10.4. The van der Waals surface area contributed by atoms with Crippen LogP contribution in [0.5, 0.6) is 0 Å². The zero-order valence-electron chi connectivity index (χ0n) is 26.8. The number of carbonyl (C=O) groups excluding carboxylic acids is 3. The fourth-order valence-electron chi connectivity index (χ4n) is 8.32. The number of aliphatic hydroxyl groups excluding tert-OH is 1. The summed E-state index contributed by atoms with van der Waals surface area (Å²) in [5.74, 6) is -0.995. The molecule has 3 saturated carbocycles. The van der Waals surface area contributed by atoms with Gasteiger partial charge in [0, 0.05) is 49.2 Å². The van der Waals surface area contributed by atoms with Gasteiger partial charge < -0.3 is 20.5 Å². The molecular weight excluding hydrogens is 602 g/mol. The van der Waals surface area contributed by atoms with Crippen molar-refractivity contribution in [2.75, 3.05) is 27.3 Å². The zero-order valence-corrected chi connectivity index (χ0v) is 27.6. The molecular formula is C31H52ClN7O6. The van der Waals surface area contributed by atoms with Crippen molar-refractivity contribution in [2.24, 2.45) is 28.7 Å². The summed E-state index contributed by atoms with van der Waals surface area (Å²) in [6.45, 7) is 2.73. The summed E-state index contributed by atoms with van der Waals surface area (Å²) in [4.78, 5) is 50.7. The largest absolute Gasteiger partial charge is 0.392 e. The number of hydrogen-bond acceptors (Lipinski definition) is 10. The highest BCUT2D eigenvalue weighted by Gasteiger charge is 2.50. The Bertz CT molecular complexity index is 1080. The number of aliphatic imine (C=N–C) groups is 1. The minimum atomic E-state index is -0.912. The maximum absolute atomic E-state index is 13.3. The number of carbonyl (C=O) groups is 3. The maximum atomic E-state index is 13.3.